The minimum Gasteiger partial charge on any atom is -0.454 e. The van der Waals surface area contributed by atoms with Crippen LogP contribution >= 0.6 is 0 Å². The van der Waals surface area contributed by atoms with Crippen molar-refractivity contribution in [3.05, 3.63) is 30.5 Å². The Hall–Kier alpha value is -2.17. The Balaban J connectivity index is 2.06. The highest BCUT2D eigenvalue weighted by Gasteiger charge is 2.13. The van der Waals surface area contributed by atoms with Crippen molar-refractivity contribution in [1.29, 1.82) is 0 Å². The number of nitrogens with two attached hydrogens (primary N) is 1. The van der Waals surface area contributed by atoms with Crippen LogP contribution in [0.4, 0.5) is 5.82 Å². The van der Waals surface area contributed by atoms with E-state index in [1.165, 1.54) is 0 Å². The predicted octanol–water partition coefficient (Wildman–Crippen LogP) is 1.18. The molecule has 5 heteroatoms. The molecule has 0 atom stereocenters. The van der Waals surface area contributed by atoms with Crippen LogP contribution in [0.1, 0.15) is 0 Å². The van der Waals surface area contributed by atoms with Gasteiger partial charge in [0, 0.05) is 18.3 Å². The molecule has 0 amide bonds. The fraction of sp³-hybridized carbons (Fsp3) is 0.100. The maximum absolute atomic E-state index is 5.54. The fourth-order valence-corrected chi connectivity index (χ4v) is 1.51. The summed E-state index contributed by atoms with van der Waals surface area (Å²) in [5.41, 5.74) is 6.44. The zero-order chi connectivity index (χ0) is 10.3. The van der Waals surface area contributed by atoms with Crippen LogP contribution < -0.4 is 15.2 Å². The smallest absolute Gasteiger partial charge is 0.231 e. The second-order valence-corrected chi connectivity index (χ2v) is 3.22. The molecule has 1 aromatic heterocycles. The Kier molecular flexibility index (Phi) is 1.58. The van der Waals surface area contributed by atoms with Crippen molar-refractivity contribution in [3.8, 4) is 17.2 Å². The highest BCUT2D eigenvalue weighted by Crippen LogP contribution is 2.33. The normalized spacial score (nSPS) is 13.1. The zero-order valence-corrected chi connectivity index (χ0v) is 7.88. The Morgan fingerprint density at radius 1 is 1.20 bits per heavy atom. The molecule has 0 radical (unpaired) electrons. The summed E-state index contributed by atoms with van der Waals surface area (Å²) in [5, 5.41) is 4.10. The summed E-state index contributed by atoms with van der Waals surface area (Å²) in [7, 11) is 0. The second-order valence-electron chi connectivity index (χ2n) is 3.22. The van der Waals surface area contributed by atoms with Gasteiger partial charge in [-0.15, -0.1) is 0 Å². The lowest BCUT2D eigenvalue weighted by molar-refractivity contribution is 0.174. The van der Waals surface area contributed by atoms with Crippen molar-refractivity contribution in [2.45, 2.75) is 0 Å². The van der Waals surface area contributed by atoms with Gasteiger partial charge in [-0.2, -0.15) is 5.10 Å². The molecule has 5 nitrogen and oxygen atoms in total. The highest BCUT2D eigenvalue weighted by molar-refractivity contribution is 5.50. The largest absolute Gasteiger partial charge is 0.454 e. The van der Waals surface area contributed by atoms with Gasteiger partial charge < -0.3 is 15.2 Å². The van der Waals surface area contributed by atoms with Gasteiger partial charge in [0.2, 0.25) is 6.79 Å². The molecule has 0 fully saturated rings. The van der Waals surface area contributed by atoms with Crippen molar-refractivity contribution in [2.75, 3.05) is 12.5 Å². The number of fused-ring (bicyclic) bond motifs is 1. The van der Waals surface area contributed by atoms with E-state index in [1.807, 2.05) is 18.2 Å². The molecular formula is C10H9N3O2. The molecule has 0 bridgehead atoms. The molecule has 0 saturated carbocycles. The van der Waals surface area contributed by atoms with Gasteiger partial charge in [-0.3, -0.25) is 0 Å². The number of rotatable bonds is 1. The van der Waals surface area contributed by atoms with Crippen molar-refractivity contribution < 1.29 is 9.47 Å². The van der Waals surface area contributed by atoms with Crippen molar-refractivity contribution in [3.63, 3.8) is 0 Å². The molecule has 0 unspecified atom stereocenters. The first-order valence-corrected chi connectivity index (χ1v) is 4.54. The second kappa shape index (κ2) is 2.91. The van der Waals surface area contributed by atoms with Gasteiger partial charge in [0.15, 0.2) is 11.5 Å². The van der Waals surface area contributed by atoms with E-state index in [4.69, 9.17) is 15.2 Å². The first-order valence-electron chi connectivity index (χ1n) is 4.54. The number of benzene rings is 1. The molecule has 0 spiro atoms. The summed E-state index contributed by atoms with van der Waals surface area (Å²) in [4.78, 5) is 0. The van der Waals surface area contributed by atoms with Crippen molar-refractivity contribution in [2.24, 2.45) is 0 Å². The van der Waals surface area contributed by atoms with E-state index in [0.29, 0.717) is 5.82 Å². The van der Waals surface area contributed by atoms with E-state index in [2.05, 4.69) is 5.10 Å². The standard InChI is InChI=1S/C10H9N3O2/c11-10-3-4-13(12-10)7-1-2-8-9(5-7)15-6-14-8/h1-5H,6H2,(H2,11,12). The lowest BCUT2D eigenvalue weighted by atomic mass is 10.3. The van der Waals surface area contributed by atoms with Crippen LogP contribution in [0.3, 0.4) is 0 Å². The molecule has 1 aromatic carbocycles. The predicted molar refractivity (Wildman–Crippen MR) is 54.1 cm³/mol. The summed E-state index contributed by atoms with van der Waals surface area (Å²) in [6, 6.07) is 7.37. The molecular weight excluding hydrogens is 194 g/mol. The molecule has 0 aliphatic carbocycles. The topological polar surface area (TPSA) is 62.3 Å². The van der Waals surface area contributed by atoms with E-state index in [0.717, 1.165) is 17.2 Å². The lowest BCUT2D eigenvalue weighted by Crippen LogP contribution is -1.96. The quantitative estimate of drug-likeness (QED) is 0.756. The molecule has 2 N–H and O–H groups in total. The SMILES string of the molecule is Nc1ccn(-c2ccc3c(c2)OCO3)n1. The van der Waals surface area contributed by atoms with Gasteiger partial charge in [-0.1, -0.05) is 0 Å². The molecule has 0 saturated heterocycles. The number of ether oxygens (including phenoxy) is 2. The Morgan fingerprint density at radius 3 is 2.87 bits per heavy atom. The van der Waals surface area contributed by atoms with E-state index in [-0.39, 0.29) is 6.79 Å². The van der Waals surface area contributed by atoms with Crippen LogP contribution in [0.5, 0.6) is 11.5 Å². The summed E-state index contributed by atoms with van der Waals surface area (Å²) in [5.74, 6) is 1.99. The number of aromatic nitrogens is 2. The van der Waals surface area contributed by atoms with E-state index >= 15 is 0 Å². The highest BCUT2D eigenvalue weighted by atomic mass is 16.7. The maximum atomic E-state index is 5.54. The van der Waals surface area contributed by atoms with Crippen molar-refractivity contribution >= 4 is 5.82 Å². The van der Waals surface area contributed by atoms with Gasteiger partial charge in [0.05, 0.1) is 5.69 Å². The average molecular weight is 203 g/mol. The molecule has 1 aliphatic rings. The first-order chi connectivity index (χ1) is 7.33. The Morgan fingerprint density at radius 2 is 2.07 bits per heavy atom. The van der Waals surface area contributed by atoms with Crippen LogP contribution in [0.15, 0.2) is 30.5 Å². The molecule has 2 heterocycles. The average Bonchev–Trinajstić information content (AvgIpc) is 2.84. The number of nitrogens with zero attached hydrogens (tertiary/aromatic N) is 2. The van der Waals surface area contributed by atoms with E-state index < -0.39 is 0 Å². The molecule has 76 valence electrons. The summed E-state index contributed by atoms with van der Waals surface area (Å²) in [6.07, 6.45) is 1.80. The Bertz CT molecular complexity index is 507. The fourth-order valence-electron chi connectivity index (χ4n) is 1.51. The minimum atomic E-state index is 0.278. The first kappa shape index (κ1) is 8.16. The molecule has 1 aliphatic heterocycles. The Labute approximate surface area is 86.0 Å². The summed E-state index contributed by atoms with van der Waals surface area (Å²) in [6.45, 7) is 0.278. The van der Waals surface area contributed by atoms with Crippen LogP contribution in [-0.2, 0) is 0 Å². The number of hydrogen-bond donors (Lipinski definition) is 1. The summed E-state index contributed by atoms with van der Waals surface area (Å²) >= 11 is 0. The lowest BCUT2D eigenvalue weighted by Gasteiger charge is -2.02. The van der Waals surface area contributed by atoms with E-state index in [1.54, 1.807) is 16.9 Å². The minimum absolute atomic E-state index is 0.278. The van der Waals surface area contributed by atoms with Crippen LogP contribution in [0.25, 0.3) is 5.69 Å². The molecule has 3 rings (SSSR count). The van der Waals surface area contributed by atoms with Gasteiger partial charge in [-0.05, 0) is 12.1 Å². The van der Waals surface area contributed by atoms with Crippen LogP contribution in [-0.4, -0.2) is 16.6 Å². The van der Waals surface area contributed by atoms with Gasteiger partial charge in [0.25, 0.3) is 0 Å². The molecule has 15 heavy (non-hydrogen) atoms. The van der Waals surface area contributed by atoms with Crippen LogP contribution in [0, 0.1) is 0 Å². The monoisotopic (exact) mass is 203 g/mol. The zero-order valence-electron chi connectivity index (χ0n) is 7.88. The maximum Gasteiger partial charge on any atom is 0.231 e. The number of anilines is 1. The third-order valence-corrected chi connectivity index (χ3v) is 2.23. The third-order valence-electron chi connectivity index (χ3n) is 2.23. The van der Waals surface area contributed by atoms with E-state index in [9.17, 15) is 0 Å². The summed E-state index contributed by atoms with van der Waals surface area (Å²) < 4.78 is 12.2. The third kappa shape index (κ3) is 1.28. The van der Waals surface area contributed by atoms with Gasteiger partial charge in [0.1, 0.15) is 5.82 Å². The van der Waals surface area contributed by atoms with Gasteiger partial charge >= 0.3 is 0 Å². The van der Waals surface area contributed by atoms with Crippen molar-refractivity contribution in [1.82, 2.24) is 9.78 Å². The van der Waals surface area contributed by atoms with Gasteiger partial charge in [-0.25, -0.2) is 4.68 Å². The number of nitrogen functional groups attached to an aromatic ring is 1. The number of hydrogen-bond acceptors (Lipinski definition) is 4. The molecule has 2 aromatic rings. The van der Waals surface area contributed by atoms with Crippen LogP contribution in [0.2, 0.25) is 0 Å².